The highest BCUT2D eigenvalue weighted by Gasteiger charge is 2.10. The van der Waals surface area contributed by atoms with Gasteiger partial charge in [-0.05, 0) is 30.3 Å². The first kappa shape index (κ1) is 13.1. The molecular formula is C14H11ClN2O2. The molecule has 0 fully saturated rings. The fourth-order valence-electron chi connectivity index (χ4n) is 1.49. The average molecular weight is 275 g/mol. The van der Waals surface area contributed by atoms with Gasteiger partial charge < -0.3 is 5.32 Å². The van der Waals surface area contributed by atoms with E-state index < -0.39 is 11.9 Å². The summed E-state index contributed by atoms with van der Waals surface area (Å²) in [6, 6.07) is 14.6. The third-order valence-corrected chi connectivity index (χ3v) is 2.58. The van der Waals surface area contributed by atoms with Gasteiger partial charge in [0.15, 0.2) is 0 Å². The van der Waals surface area contributed by atoms with Gasteiger partial charge in [0.25, 0.3) is 5.91 Å². The normalized spacial score (nSPS) is 9.74. The molecule has 3 amide bonds. The molecule has 0 saturated heterocycles. The third-order valence-electron chi connectivity index (χ3n) is 2.35. The van der Waals surface area contributed by atoms with Crippen molar-refractivity contribution in [2.45, 2.75) is 0 Å². The molecular weight excluding hydrogens is 264 g/mol. The van der Waals surface area contributed by atoms with Gasteiger partial charge in [0.1, 0.15) is 0 Å². The number of urea groups is 1. The quantitative estimate of drug-likeness (QED) is 0.883. The molecule has 0 aliphatic carbocycles. The van der Waals surface area contributed by atoms with E-state index in [2.05, 4.69) is 10.6 Å². The number of imide groups is 1. The lowest BCUT2D eigenvalue weighted by molar-refractivity contribution is 0.0967. The van der Waals surface area contributed by atoms with Crippen LogP contribution in [-0.4, -0.2) is 11.9 Å². The summed E-state index contributed by atoms with van der Waals surface area (Å²) < 4.78 is 0. The van der Waals surface area contributed by atoms with Gasteiger partial charge in [0.2, 0.25) is 0 Å². The molecule has 0 aliphatic heterocycles. The number of amides is 3. The number of carbonyl (C=O) groups is 2. The van der Waals surface area contributed by atoms with Crippen LogP contribution in [0.4, 0.5) is 10.5 Å². The van der Waals surface area contributed by atoms with E-state index in [-0.39, 0.29) is 0 Å². The van der Waals surface area contributed by atoms with Crippen molar-refractivity contribution in [3.63, 3.8) is 0 Å². The van der Waals surface area contributed by atoms with Crippen LogP contribution in [0.15, 0.2) is 54.6 Å². The van der Waals surface area contributed by atoms with Crippen LogP contribution in [-0.2, 0) is 0 Å². The Morgan fingerprint density at radius 2 is 1.68 bits per heavy atom. The van der Waals surface area contributed by atoms with E-state index in [9.17, 15) is 9.59 Å². The number of nitrogens with one attached hydrogen (secondary N) is 2. The Kier molecular flexibility index (Phi) is 4.15. The molecule has 2 rings (SSSR count). The zero-order valence-corrected chi connectivity index (χ0v) is 10.6. The van der Waals surface area contributed by atoms with Crippen molar-refractivity contribution in [1.29, 1.82) is 0 Å². The Balaban J connectivity index is 1.98. The molecule has 0 radical (unpaired) electrons. The number of carbonyl (C=O) groups excluding carboxylic acids is 2. The molecule has 0 heterocycles. The molecule has 2 N–H and O–H groups in total. The van der Waals surface area contributed by atoms with Crippen molar-refractivity contribution in [3.8, 4) is 0 Å². The summed E-state index contributed by atoms with van der Waals surface area (Å²) >= 11 is 5.77. The van der Waals surface area contributed by atoms with Crippen LogP contribution >= 0.6 is 11.6 Å². The van der Waals surface area contributed by atoms with Gasteiger partial charge in [0.05, 0.1) is 0 Å². The van der Waals surface area contributed by atoms with Crippen LogP contribution in [0.5, 0.6) is 0 Å². The van der Waals surface area contributed by atoms with Crippen molar-refractivity contribution in [1.82, 2.24) is 5.32 Å². The Hall–Kier alpha value is -2.33. The molecule has 0 unspecified atom stereocenters. The van der Waals surface area contributed by atoms with Crippen LogP contribution in [0, 0.1) is 0 Å². The molecule has 0 bridgehead atoms. The molecule has 0 spiro atoms. The molecule has 2 aromatic rings. The summed E-state index contributed by atoms with van der Waals surface area (Å²) in [6.45, 7) is 0. The molecule has 2 aromatic carbocycles. The maximum atomic E-state index is 11.8. The number of hydrogen-bond donors (Lipinski definition) is 2. The zero-order chi connectivity index (χ0) is 13.7. The predicted molar refractivity (Wildman–Crippen MR) is 74.4 cm³/mol. The van der Waals surface area contributed by atoms with Crippen molar-refractivity contribution >= 4 is 29.2 Å². The van der Waals surface area contributed by atoms with Gasteiger partial charge in [-0.1, -0.05) is 35.9 Å². The molecule has 96 valence electrons. The Morgan fingerprint density at radius 3 is 2.37 bits per heavy atom. The Morgan fingerprint density at radius 1 is 0.947 bits per heavy atom. The first-order chi connectivity index (χ1) is 9.15. The largest absolute Gasteiger partial charge is 0.326 e. The minimum atomic E-state index is -0.587. The van der Waals surface area contributed by atoms with Gasteiger partial charge in [-0.25, -0.2) is 4.79 Å². The van der Waals surface area contributed by atoms with E-state index in [1.54, 1.807) is 42.5 Å². The topological polar surface area (TPSA) is 58.2 Å². The molecule has 0 saturated carbocycles. The van der Waals surface area contributed by atoms with Crippen molar-refractivity contribution in [3.05, 3.63) is 65.2 Å². The van der Waals surface area contributed by atoms with Gasteiger partial charge in [-0.15, -0.1) is 0 Å². The monoisotopic (exact) mass is 274 g/mol. The summed E-state index contributed by atoms with van der Waals surface area (Å²) in [4.78, 5) is 23.4. The fraction of sp³-hybridized carbons (Fsp3) is 0. The van der Waals surface area contributed by atoms with Crippen LogP contribution in [0.1, 0.15) is 10.4 Å². The molecule has 19 heavy (non-hydrogen) atoms. The van der Waals surface area contributed by atoms with E-state index in [1.165, 1.54) is 6.07 Å². The SMILES string of the molecule is O=C(NC(=O)c1cccc(Cl)c1)Nc1ccccc1. The Bertz CT molecular complexity index is 599. The van der Waals surface area contributed by atoms with Crippen LogP contribution in [0.3, 0.4) is 0 Å². The second-order valence-corrected chi connectivity index (χ2v) is 4.22. The number of hydrogen-bond acceptors (Lipinski definition) is 2. The van der Waals surface area contributed by atoms with Gasteiger partial charge in [0, 0.05) is 16.3 Å². The van der Waals surface area contributed by atoms with Crippen LogP contribution in [0.25, 0.3) is 0 Å². The summed E-state index contributed by atoms with van der Waals surface area (Å²) in [6.07, 6.45) is 0. The highest BCUT2D eigenvalue weighted by molar-refractivity contribution is 6.31. The minimum Gasteiger partial charge on any atom is -0.308 e. The summed E-state index contributed by atoms with van der Waals surface area (Å²) in [5.41, 5.74) is 0.939. The van der Waals surface area contributed by atoms with Crippen molar-refractivity contribution in [2.24, 2.45) is 0 Å². The number of para-hydroxylation sites is 1. The second-order valence-electron chi connectivity index (χ2n) is 3.78. The van der Waals surface area contributed by atoms with E-state index in [0.717, 1.165) is 0 Å². The number of halogens is 1. The molecule has 4 nitrogen and oxygen atoms in total. The van der Waals surface area contributed by atoms with Crippen molar-refractivity contribution < 1.29 is 9.59 Å². The molecule has 0 aliphatic rings. The summed E-state index contributed by atoms with van der Waals surface area (Å²) in [5.74, 6) is -0.504. The minimum absolute atomic E-state index is 0.329. The average Bonchev–Trinajstić information content (AvgIpc) is 2.39. The molecule has 5 heteroatoms. The van der Waals surface area contributed by atoms with E-state index in [4.69, 9.17) is 11.6 Å². The van der Waals surface area contributed by atoms with Crippen LogP contribution in [0.2, 0.25) is 5.02 Å². The fourth-order valence-corrected chi connectivity index (χ4v) is 1.68. The lowest BCUT2D eigenvalue weighted by atomic mass is 10.2. The van der Waals surface area contributed by atoms with Gasteiger partial charge >= 0.3 is 6.03 Å². The van der Waals surface area contributed by atoms with Crippen LogP contribution < -0.4 is 10.6 Å². The standard InChI is InChI=1S/C14H11ClN2O2/c15-11-6-4-5-10(9-11)13(18)17-14(19)16-12-7-2-1-3-8-12/h1-9H,(H2,16,17,18,19). The summed E-state index contributed by atoms with van der Waals surface area (Å²) in [5, 5.41) is 5.22. The summed E-state index contributed by atoms with van der Waals surface area (Å²) in [7, 11) is 0. The predicted octanol–water partition coefficient (Wildman–Crippen LogP) is 3.30. The first-order valence-electron chi connectivity index (χ1n) is 5.58. The second kappa shape index (κ2) is 6.02. The Labute approximate surface area is 115 Å². The maximum absolute atomic E-state index is 11.8. The number of benzene rings is 2. The van der Waals surface area contributed by atoms with Gasteiger partial charge in [-0.3, -0.25) is 10.1 Å². The lowest BCUT2D eigenvalue weighted by Crippen LogP contribution is -2.34. The smallest absolute Gasteiger partial charge is 0.308 e. The highest BCUT2D eigenvalue weighted by atomic mass is 35.5. The maximum Gasteiger partial charge on any atom is 0.326 e. The first-order valence-corrected chi connectivity index (χ1v) is 5.96. The number of anilines is 1. The van der Waals surface area contributed by atoms with E-state index in [1.807, 2.05) is 6.07 Å². The van der Waals surface area contributed by atoms with E-state index >= 15 is 0 Å². The number of rotatable bonds is 2. The van der Waals surface area contributed by atoms with Gasteiger partial charge in [-0.2, -0.15) is 0 Å². The zero-order valence-electron chi connectivity index (χ0n) is 9.89. The molecule has 0 atom stereocenters. The third kappa shape index (κ3) is 3.82. The van der Waals surface area contributed by atoms with Crippen molar-refractivity contribution in [2.75, 3.05) is 5.32 Å². The molecule has 0 aromatic heterocycles. The highest BCUT2D eigenvalue weighted by Crippen LogP contribution is 2.10. The lowest BCUT2D eigenvalue weighted by Gasteiger charge is -2.06. The van der Waals surface area contributed by atoms with E-state index in [0.29, 0.717) is 16.3 Å².